The summed E-state index contributed by atoms with van der Waals surface area (Å²) in [6, 6.07) is 5.97. The van der Waals surface area contributed by atoms with Crippen LogP contribution in [0.25, 0.3) is 0 Å². The molecule has 86 valence electrons. The van der Waals surface area contributed by atoms with Crippen LogP contribution in [0.1, 0.15) is 30.4 Å². The first kappa shape index (κ1) is 11.0. The molecule has 0 spiro atoms. The van der Waals surface area contributed by atoms with Gasteiger partial charge in [0.25, 0.3) is 0 Å². The average molecular weight is 220 g/mol. The highest BCUT2D eigenvalue weighted by Crippen LogP contribution is 2.34. The SMILES string of the molecule is COC(=O)C(C)c1cccc2c1OCCC2. The molecule has 1 aliphatic rings. The number of fused-ring (bicyclic) bond motifs is 1. The molecule has 0 aromatic heterocycles. The van der Waals surface area contributed by atoms with E-state index in [1.165, 1.54) is 12.7 Å². The molecule has 1 aromatic rings. The molecule has 1 unspecified atom stereocenters. The zero-order chi connectivity index (χ0) is 11.5. The maximum atomic E-state index is 11.5. The highest BCUT2D eigenvalue weighted by molar-refractivity contribution is 5.78. The molecule has 0 saturated heterocycles. The zero-order valence-corrected chi connectivity index (χ0v) is 9.66. The third-order valence-electron chi connectivity index (χ3n) is 2.99. The van der Waals surface area contributed by atoms with Gasteiger partial charge < -0.3 is 9.47 Å². The van der Waals surface area contributed by atoms with Gasteiger partial charge in [0.2, 0.25) is 0 Å². The molecule has 0 fully saturated rings. The second-order valence-electron chi connectivity index (χ2n) is 4.03. The van der Waals surface area contributed by atoms with Gasteiger partial charge in [-0.15, -0.1) is 0 Å². The van der Waals surface area contributed by atoms with E-state index in [-0.39, 0.29) is 11.9 Å². The first-order chi connectivity index (χ1) is 7.74. The molecule has 1 aliphatic heterocycles. The van der Waals surface area contributed by atoms with Crippen LogP contribution >= 0.6 is 0 Å². The topological polar surface area (TPSA) is 35.5 Å². The minimum absolute atomic E-state index is 0.220. The molecule has 3 nitrogen and oxygen atoms in total. The van der Waals surface area contributed by atoms with Crippen LogP contribution in [-0.4, -0.2) is 19.7 Å². The molecule has 1 aromatic carbocycles. The molecule has 0 radical (unpaired) electrons. The van der Waals surface area contributed by atoms with Crippen LogP contribution in [0.5, 0.6) is 5.75 Å². The molecular weight excluding hydrogens is 204 g/mol. The number of rotatable bonds is 2. The van der Waals surface area contributed by atoms with Crippen molar-refractivity contribution in [2.75, 3.05) is 13.7 Å². The lowest BCUT2D eigenvalue weighted by molar-refractivity contribution is -0.142. The number of para-hydroxylation sites is 1. The number of hydrogen-bond acceptors (Lipinski definition) is 3. The molecular formula is C13H16O3. The van der Waals surface area contributed by atoms with Gasteiger partial charge in [-0.3, -0.25) is 4.79 Å². The van der Waals surface area contributed by atoms with Gasteiger partial charge in [0.15, 0.2) is 0 Å². The molecule has 2 rings (SSSR count). The second-order valence-corrected chi connectivity index (χ2v) is 4.03. The van der Waals surface area contributed by atoms with Crippen molar-refractivity contribution >= 4 is 5.97 Å². The number of carbonyl (C=O) groups excluding carboxylic acids is 1. The van der Waals surface area contributed by atoms with E-state index >= 15 is 0 Å². The van der Waals surface area contributed by atoms with Gasteiger partial charge >= 0.3 is 5.97 Å². The normalized spacial score (nSPS) is 15.9. The molecule has 1 heterocycles. The predicted molar refractivity (Wildman–Crippen MR) is 60.7 cm³/mol. The number of benzene rings is 1. The summed E-state index contributed by atoms with van der Waals surface area (Å²) in [6.07, 6.45) is 2.07. The van der Waals surface area contributed by atoms with Crippen LogP contribution < -0.4 is 4.74 Å². The Balaban J connectivity index is 2.37. The van der Waals surface area contributed by atoms with Crippen molar-refractivity contribution in [2.24, 2.45) is 0 Å². The molecule has 16 heavy (non-hydrogen) atoms. The van der Waals surface area contributed by atoms with Gasteiger partial charge in [0.1, 0.15) is 5.75 Å². The van der Waals surface area contributed by atoms with Crippen LogP contribution in [0.15, 0.2) is 18.2 Å². The Bertz CT molecular complexity index is 398. The lowest BCUT2D eigenvalue weighted by Gasteiger charge is -2.22. The minimum atomic E-state index is -0.266. The van der Waals surface area contributed by atoms with Crippen molar-refractivity contribution in [1.29, 1.82) is 0 Å². The third kappa shape index (κ3) is 1.90. The van der Waals surface area contributed by atoms with E-state index in [4.69, 9.17) is 9.47 Å². The van der Waals surface area contributed by atoms with Crippen molar-refractivity contribution < 1.29 is 14.3 Å². The lowest BCUT2D eigenvalue weighted by atomic mass is 9.95. The van der Waals surface area contributed by atoms with Crippen molar-refractivity contribution in [1.82, 2.24) is 0 Å². The Morgan fingerprint density at radius 1 is 1.50 bits per heavy atom. The fraction of sp³-hybridized carbons (Fsp3) is 0.462. The first-order valence-electron chi connectivity index (χ1n) is 5.56. The van der Waals surface area contributed by atoms with E-state index in [9.17, 15) is 4.79 Å². The highest BCUT2D eigenvalue weighted by Gasteiger charge is 2.23. The maximum Gasteiger partial charge on any atom is 0.312 e. The van der Waals surface area contributed by atoms with Crippen LogP contribution in [0.3, 0.4) is 0 Å². The maximum absolute atomic E-state index is 11.5. The van der Waals surface area contributed by atoms with Gasteiger partial charge in [-0.25, -0.2) is 0 Å². The van der Waals surface area contributed by atoms with Gasteiger partial charge in [-0.2, -0.15) is 0 Å². The monoisotopic (exact) mass is 220 g/mol. The van der Waals surface area contributed by atoms with Crippen LogP contribution in [0, 0.1) is 0 Å². The van der Waals surface area contributed by atoms with E-state index < -0.39 is 0 Å². The Morgan fingerprint density at radius 3 is 3.06 bits per heavy atom. The molecule has 0 aliphatic carbocycles. The Morgan fingerprint density at radius 2 is 2.31 bits per heavy atom. The summed E-state index contributed by atoms with van der Waals surface area (Å²) >= 11 is 0. The van der Waals surface area contributed by atoms with Crippen LogP contribution in [0.2, 0.25) is 0 Å². The third-order valence-corrected chi connectivity index (χ3v) is 2.99. The van der Waals surface area contributed by atoms with Crippen molar-refractivity contribution in [3.63, 3.8) is 0 Å². The van der Waals surface area contributed by atoms with E-state index in [0.717, 1.165) is 30.8 Å². The van der Waals surface area contributed by atoms with E-state index in [1.807, 2.05) is 19.1 Å². The zero-order valence-electron chi connectivity index (χ0n) is 9.66. The van der Waals surface area contributed by atoms with Crippen LogP contribution in [0.4, 0.5) is 0 Å². The standard InChI is InChI=1S/C13H16O3/c1-9(13(14)15-2)11-7-3-5-10-6-4-8-16-12(10)11/h3,5,7,9H,4,6,8H2,1-2H3. The van der Waals surface area contributed by atoms with Crippen LogP contribution in [-0.2, 0) is 16.0 Å². The summed E-state index contributed by atoms with van der Waals surface area (Å²) in [5, 5.41) is 0. The summed E-state index contributed by atoms with van der Waals surface area (Å²) in [4.78, 5) is 11.5. The highest BCUT2D eigenvalue weighted by atomic mass is 16.5. The Labute approximate surface area is 95.4 Å². The smallest absolute Gasteiger partial charge is 0.312 e. The van der Waals surface area contributed by atoms with Crippen molar-refractivity contribution in [2.45, 2.75) is 25.7 Å². The van der Waals surface area contributed by atoms with E-state index in [2.05, 4.69) is 6.07 Å². The summed E-state index contributed by atoms with van der Waals surface area (Å²) in [7, 11) is 1.41. The molecule has 0 saturated carbocycles. The molecule has 1 atom stereocenters. The number of carbonyl (C=O) groups is 1. The van der Waals surface area contributed by atoms with Gasteiger partial charge in [0.05, 0.1) is 19.6 Å². The fourth-order valence-corrected chi connectivity index (χ4v) is 2.06. The number of methoxy groups -OCH3 is 1. The quantitative estimate of drug-likeness (QED) is 0.717. The summed E-state index contributed by atoms with van der Waals surface area (Å²) in [6.45, 7) is 2.58. The minimum Gasteiger partial charge on any atom is -0.493 e. The molecule has 0 N–H and O–H groups in total. The number of ether oxygens (including phenoxy) is 2. The largest absolute Gasteiger partial charge is 0.493 e. The Kier molecular flexibility index (Phi) is 3.13. The first-order valence-corrected chi connectivity index (χ1v) is 5.56. The predicted octanol–water partition coefficient (Wildman–Crippen LogP) is 2.29. The van der Waals surface area contributed by atoms with Gasteiger partial charge in [0, 0.05) is 5.56 Å². The number of esters is 1. The average Bonchev–Trinajstić information content (AvgIpc) is 2.36. The fourth-order valence-electron chi connectivity index (χ4n) is 2.06. The lowest BCUT2D eigenvalue weighted by Crippen LogP contribution is -2.16. The van der Waals surface area contributed by atoms with Gasteiger partial charge in [-0.05, 0) is 25.3 Å². The molecule has 0 bridgehead atoms. The Hall–Kier alpha value is -1.51. The van der Waals surface area contributed by atoms with Gasteiger partial charge in [-0.1, -0.05) is 18.2 Å². The second kappa shape index (κ2) is 4.56. The summed E-state index contributed by atoms with van der Waals surface area (Å²) in [5.74, 6) is 0.396. The number of hydrogen-bond donors (Lipinski definition) is 0. The summed E-state index contributed by atoms with van der Waals surface area (Å²) in [5.41, 5.74) is 2.13. The van der Waals surface area contributed by atoms with E-state index in [0.29, 0.717) is 0 Å². The molecule has 3 heteroatoms. The summed E-state index contributed by atoms with van der Waals surface area (Å²) < 4.78 is 10.4. The number of aryl methyl sites for hydroxylation is 1. The molecule has 0 amide bonds. The van der Waals surface area contributed by atoms with E-state index in [1.54, 1.807) is 0 Å². The van der Waals surface area contributed by atoms with Crippen molar-refractivity contribution in [3.05, 3.63) is 29.3 Å². The van der Waals surface area contributed by atoms with Crippen molar-refractivity contribution in [3.8, 4) is 5.75 Å².